The van der Waals surface area contributed by atoms with Gasteiger partial charge in [-0.2, -0.15) is 0 Å². The van der Waals surface area contributed by atoms with Crippen molar-refractivity contribution in [3.63, 3.8) is 0 Å². The minimum absolute atomic E-state index is 0.0765. The smallest absolute Gasteiger partial charge is 0.342 e. The molecule has 19 heavy (non-hydrogen) atoms. The summed E-state index contributed by atoms with van der Waals surface area (Å²) < 4.78 is 16.0. The van der Waals surface area contributed by atoms with Crippen LogP contribution in [0.15, 0.2) is 12.3 Å². The number of nitrogen functional groups attached to an aromatic ring is 1. The van der Waals surface area contributed by atoms with E-state index >= 15 is 0 Å². The molecule has 2 heterocycles. The molecule has 0 saturated carbocycles. The van der Waals surface area contributed by atoms with Crippen LogP contribution in [0.4, 0.5) is 5.82 Å². The first-order valence-electron chi connectivity index (χ1n) is 6.37. The number of ether oxygens (including phenoxy) is 3. The minimum Gasteiger partial charge on any atom is -0.488 e. The van der Waals surface area contributed by atoms with E-state index in [1.165, 1.54) is 12.3 Å². The summed E-state index contributed by atoms with van der Waals surface area (Å²) in [7, 11) is 0. The Morgan fingerprint density at radius 1 is 1.63 bits per heavy atom. The third kappa shape index (κ3) is 3.57. The molecular formula is C13H18N2O4. The first kappa shape index (κ1) is 13.6. The van der Waals surface area contributed by atoms with Gasteiger partial charge in [0, 0.05) is 6.61 Å². The number of rotatable bonds is 5. The second kappa shape index (κ2) is 6.38. The summed E-state index contributed by atoms with van der Waals surface area (Å²) >= 11 is 0. The molecule has 1 aliphatic rings. The molecule has 0 spiro atoms. The molecule has 2 rings (SSSR count). The minimum atomic E-state index is -0.459. The number of carbonyl (C=O) groups is 1. The summed E-state index contributed by atoms with van der Waals surface area (Å²) in [5.41, 5.74) is 5.88. The van der Waals surface area contributed by atoms with Gasteiger partial charge in [-0.05, 0) is 25.8 Å². The second-order valence-electron chi connectivity index (χ2n) is 4.27. The zero-order valence-corrected chi connectivity index (χ0v) is 10.9. The van der Waals surface area contributed by atoms with E-state index in [0.717, 1.165) is 19.4 Å². The van der Waals surface area contributed by atoms with Gasteiger partial charge >= 0.3 is 5.97 Å². The van der Waals surface area contributed by atoms with Gasteiger partial charge in [-0.3, -0.25) is 0 Å². The third-order valence-electron chi connectivity index (χ3n) is 2.83. The highest BCUT2D eigenvalue weighted by atomic mass is 16.5. The van der Waals surface area contributed by atoms with Crippen molar-refractivity contribution < 1.29 is 19.0 Å². The van der Waals surface area contributed by atoms with Gasteiger partial charge in [-0.25, -0.2) is 9.78 Å². The van der Waals surface area contributed by atoms with Gasteiger partial charge in [0.15, 0.2) is 5.75 Å². The predicted octanol–water partition coefficient (Wildman–Crippen LogP) is 1.40. The Hall–Kier alpha value is -1.82. The number of aromatic nitrogens is 1. The number of anilines is 1. The molecule has 6 heteroatoms. The maximum absolute atomic E-state index is 11.8. The lowest BCUT2D eigenvalue weighted by atomic mass is 10.2. The number of nitrogens with two attached hydrogens (primary N) is 1. The number of hydrogen-bond donors (Lipinski definition) is 1. The monoisotopic (exact) mass is 266 g/mol. The topological polar surface area (TPSA) is 83.7 Å². The van der Waals surface area contributed by atoms with Crippen molar-refractivity contribution in [1.29, 1.82) is 0 Å². The molecule has 1 aliphatic heterocycles. The molecule has 0 aliphatic carbocycles. The first-order valence-corrected chi connectivity index (χ1v) is 6.37. The fraction of sp³-hybridized carbons (Fsp3) is 0.538. The molecule has 1 atom stereocenters. The molecule has 0 bridgehead atoms. The van der Waals surface area contributed by atoms with Gasteiger partial charge in [0.1, 0.15) is 18.0 Å². The van der Waals surface area contributed by atoms with Gasteiger partial charge in [0.05, 0.1) is 18.9 Å². The second-order valence-corrected chi connectivity index (χ2v) is 4.27. The van der Waals surface area contributed by atoms with Gasteiger partial charge in [0.2, 0.25) is 0 Å². The molecule has 104 valence electrons. The largest absolute Gasteiger partial charge is 0.488 e. The van der Waals surface area contributed by atoms with E-state index in [1.807, 2.05) is 0 Å². The Balaban J connectivity index is 2.07. The van der Waals surface area contributed by atoms with Crippen molar-refractivity contribution in [3.8, 4) is 5.75 Å². The summed E-state index contributed by atoms with van der Waals surface area (Å²) in [6.45, 7) is 3.21. The molecular weight excluding hydrogens is 248 g/mol. The Kier molecular flexibility index (Phi) is 4.57. The van der Waals surface area contributed by atoms with Crippen LogP contribution in [0.25, 0.3) is 0 Å². The maximum Gasteiger partial charge on any atom is 0.342 e. The van der Waals surface area contributed by atoms with Crippen molar-refractivity contribution in [3.05, 3.63) is 17.8 Å². The highest BCUT2D eigenvalue weighted by Gasteiger charge is 2.19. The zero-order valence-electron chi connectivity index (χ0n) is 10.9. The van der Waals surface area contributed by atoms with Crippen LogP contribution in [0.2, 0.25) is 0 Å². The summed E-state index contributed by atoms with van der Waals surface area (Å²) in [6.07, 6.45) is 3.53. The number of carbonyl (C=O) groups excluding carboxylic acids is 1. The fourth-order valence-corrected chi connectivity index (χ4v) is 1.90. The van der Waals surface area contributed by atoms with E-state index in [2.05, 4.69) is 4.98 Å². The van der Waals surface area contributed by atoms with E-state index < -0.39 is 5.97 Å². The SMILES string of the molecule is CCOC(=O)c1cc(N)ncc1OCC1CCCO1. The van der Waals surface area contributed by atoms with E-state index in [0.29, 0.717) is 24.5 Å². The molecule has 1 unspecified atom stereocenters. The molecule has 0 aromatic carbocycles. The lowest BCUT2D eigenvalue weighted by molar-refractivity contribution is 0.0503. The Labute approximate surface area is 111 Å². The highest BCUT2D eigenvalue weighted by molar-refractivity contribution is 5.93. The summed E-state index contributed by atoms with van der Waals surface area (Å²) in [4.78, 5) is 15.7. The van der Waals surface area contributed by atoms with E-state index in [9.17, 15) is 4.79 Å². The molecule has 1 saturated heterocycles. The van der Waals surface area contributed by atoms with Crippen LogP contribution >= 0.6 is 0 Å². The highest BCUT2D eigenvalue weighted by Crippen LogP contribution is 2.22. The molecule has 0 radical (unpaired) electrons. The number of esters is 1. The van der Waals surface area contributed by atoms with Crippen molar-refractivity contribution in [2.24, 2.45) is 0 Å². The van der Waals surface area contributed by atoms with Gasteiger partial charge in [-0.15, -0.1) is 0 Å². The molecule has 1 aromatic rings. The van der Waals surface area contributed by atoms with Crippen molar-refractivity contribution >= 4 is 11.8 Å². The van der Waals surface area contributed by atoms with Crippen LogP contribution in [-0.4, -0.2) is 36.9 Å². The number of pyridine rings is 1. The van der Waals surface area contributed by atoms with E-state index in [-0.39, 0.29) is 11.9 Å². The lowest BCUT2D eigenvalue weighted by Crippen LogP contribution is -2.18. The molecule has 2 N–H and O–H groups in total. The lowest BCUT2D eigenvalue weighted by Gasteiger charge is -2.14. The van der Waals surface area contributed by atoms with Crippen LogP contribution < -0.4 is 10.5 Å². The van der Waals surface area contributed by atoms with Crippen LogP contribution in [0.5, 0.6) is 5.75 Å². The Morgan fingerprint density at radius 2 is 2.47 bits per heavy atom. The summed E-state index contributed by atoms with van der Waals surface area (Å²) in [5.74, 6) is 0.176. The number of hydrogen-bond acceptors (Lipinski definition) is 6. The zero-order chi connectivity index (χ0) is 13.7. The standard InChI is InChI=1S/C13H18N2O4/c1-2-17-13(16)10-6-12(14)15-7-11(10)19-8-9-4-3-5-18-9/h6-7,9H,2-5,8H2,1H3,(H2,14,15). The maximum atomic E-state index is 11.8. The Morgan fingerprint density at radius 3 is 3.16 bits per heavy atom. The van der Waals surface area contributed by atoms with Crippen LogP contribution in [-0.2, 0) is 9.47 Å². The first-order chi connectivity index (χ1) is 9.20. The van der Waals surface area contributed by atoms with Crippen LogP contribution in [0.3, 0.4) is 0 Å². The summed E-state index contributed by atoms with van der Waals surface area (Å²) in [5, 5.41) is 0. The van der Waals surface area contributed by atoms with Crippen molar-refractivity contribution in [2.45, 2.75) is 25.9 Å². The van der Waals surface area contributed by atoms with Crippen LogP contribution in [0, 0.1) is 0 Å². The van der Waals surface area contributed by atoms with E-state index in [1.54, 1.807) is 6.92 Å². The molecule has 0 amide bonds. The van der Waals surface area contributed by atoms with Crippen molar-refractivity contribution in [1.82, 2.24) is 4.98 Å². The van der Waals surface area contributed by atoms with Crippen molar-refractivity contribution in [2.75, 3.05) is 25.6 Å². The average Bonchev–Trinajstić information content (AvgIpc) is 2.90. The molecule has 6 nitrogen and oxygen atoms in total. The predicted molar refractivity (Wildman–Crippen MR) is 69.1 cm³/mol. The third-order valence-corrected chi connectivity index (χ3v) is 2.83. The van der Waals surface area contributed by atoms with Gasteiger partial charge < -0.3 is 19.9 Å². The van der Waals surface area contributed by atoms with E-state index in [4.69, 9.17) is 19.9 Å². The fourth-order valence-electron chi connectivity index (χ4n) is 1.90. The molecule has 1 fully saturated rings. The van der Waals surface area contributed by atoms with Gasteiger partial charge in [-0.1, -0.05) is 0 Å². The summed E-state index contributed by atoms with van der Waals surface area (Å²) in [6, 6.07) is 1.46. The van der Waals surface area contributed by atoms with Gasteiger partial charge in [0.25, 0.3) is 0 Å². The quantitative estimate of drug-likeness (QED) is 0.811. The van der Waals surface area contributed by atoms with Crippen LogP contribution in [0.1, 0.15) is 30.1 Å². The molecule has 1 aromatic heterocycles. The normalized spacial score (nSPS) is 18.3. The average molecular weight is 266 g/mol. The Bertz CT molecular complexity index is 444. The number of nitrogens with zero attached hydrogens (tertiary/aromatic N) is 1.